The van der Waals surface area contributed by atoms with Crippen LogP contribution in [0.25, 0.3) is 6.08 Å². The average molecular weight is 361 g/mol. The zero-order valence-corrected chi connectivity index (χ0v) is 15.3. The van der Waals surface area contributed by atoms with Crippen LogP contribution in [-0.2, 0) is 11.2 Å². The van der Waals surface area contributed by atoms with Crippen molar-refractivity contribution < 1.29 is 14.3 Å². The molecule has 1 amide bonds. The van der Waals surface area contributed by atoms with Crippen LogP contribution in [0.1, 0.15) is 11.1 Å². The molecule has 0 aliphatic carbocycles. The van der Waals surface area contributed by atoms with E-state index in [4.69, 9.17) is 21.1 Å². The van der Waals surface area contributed by atoms with Gasteiger partial charge in [-0.3, -0.25) is 9.78 Å². The number of hydrogen-bond donors (Lipinski definition) is 0. The van der Waals surface area contributed by atoms with Gasteiger partial charge in [-0.25, -0.2) is 0 Å². The zero-order chi connectivity index (χ0) is 18.2. The summed E-state index contributed by atoms with van der Waals surface area (Å²) in [6.07, 6.45) is 7.14. The largest absolute Gasteiger partial charge is 0.493 e. The van der Waals surface area contributed by atoms with E-state index >= 15 is 0 Å². The van der Waals surface area contributed by atoms with Crippen molar-refractivity contribution in [1.29, 1.82) is 0 Å². The van der Waals surface area contributed by atoms with E-state index in [2.05, 4.69) is 4.98 Å². The van der Waals surface area contributed by atoms with Crippen molar-refractivity contribution in [3.05, 3.63) is 58.9 Å². The number of ether oxygens (including phenoxy) is 2. The molecule has 25 heavy (non-hydrogen) atoms. The van der Waals surface area contributed by atoms with E-state index in [9.17, 15) is 4.79 Å². The minimum Gasteiger partial charge on any atom is -0.493 e. The third kappa shape index (κ3) is 5.50. The third-order valence-electron chi connectivity index (χ3n) is 3.70. The molecule has 0 aliphatic rings. The van der Waals surface area contributed by atoms with Crippen molar-refractivity contribution in [2.24, 2.45) is 0 Å². The predicted octanol–water partition coefficient (Wildman–Crippen LogP) is 3.47. The molecule has 0 saturated carbocycles. The van der Waals surface area contributed by atoms with Gasteiger partial charge < -0.3 is 14.4 Å². The second-order valence-electron chi connectivity index (χ2n) is 5.47. The van der Waals surface area contributed by atoms with Crippen LogP contribution in [0.15, 0.2) is 42.7 Å². The van der Waals surface area contributed by atoms with E-state index in [1.165, 1.54) is 6.08 Å². The van der Waals surface area contributed by atoms with Crippen molar-refractivity contribution in [3.8, 4) is 11.5 Å². The van der Waals surface area contributed by atoms with Crippen LogP contribution >= 0.6 is 11.6 Å². The van der Waals surface area contributed by atoms with Crippen molar-refractivity contribution in [3.63, 3.8) is 0 Å². The molecule has 1 heterocycles. The molecule has 0 saturated heterocycles. The first kappa shape index (κ1) is 18.8. The highest BCUT2D eigenvalue weighted by atomic mass is 35.5. The monoisotopic (exact) mass is 360 g/mol. The van der Waals surface area contributed by atoms with E-state index in [-0.39, 0.29) is 5.91 Å². The Morgan fingerprint density at radius 3 is 2.64 bits per heavy atom. The minimum absolute atomic E-state index is 0.0829. The molecule has 0 spiro atoms. The number of methoxy groups -OCH3 is 2. The lowest BCUT2D eigenvalue weighted by atomic mass is 10.1. The second-order valence-corrected chi connectivity index (χ2v) is 5.91. The van der Waals surface area contributed by atoms with Gasteiger partial charge in [0.25, 0.3) is 0 Å². The fraction of sp³-hybridized carbons (Fsp3) is 0.263. The van der Waals surface area contributed by atoms with Gasteiger partial charge in [-0.1, -0.05) is 17.7 Å². The maximum absolute atomic E-state index is 12.2. The average Bonchev–Trinajstić information content (AvgIpc) is 2.63. The summed E-state index contributed by atoms with van der Waals surface area (Å²) in [5.41, 5.74) is 1.86. The number of nitrogens with zero attached hydrogens (tertiary/aromatic N) is 2. The van der Waals surface area contributed by atoms with Gasteiger partial charge in [0.2, 0.25) is 5.91 Å². The standard InChI is InChI=1S/C19H21ClN2O3/c1-22(19(23)7-5-15-10-16(20)13-21-12-15)9-8-14-4-6-17(24-2)18(11-14)25-3/h4-7,10-13H,8-9H2,1-3H3. The van der Waals surface area contributed by atoms with Gasteiger partial charge in [-0.05, 0) is 41.8 Å². The van der Waals surface area contributed by atoms with Crippen LogP contribution < -0.4 is 9.47 Å². The summed E-state index contributed by atoms with van der Waals surface area (Å²) < 4.78 is 10.5. The van der Waals surface area contributed by atoms with Crippen molar-refractivity contribution in [1.82, 2.24) is 9.88 Å². The van der Waals surface area contributed by atoms with Gasteiger partial charge in [0.1, 0.15) is 0 Å². The fourth-order valence-electron chi connectivity index (χ4n) is 2.26. The molecule has 0 fully saturated rings. The Morgan fingerprint density at radius 1 is 1.20 bits per heavy atom. The number of amides is 1. The third-order valence-corrected chi connectivity index (χ3v) is 3.91. The summed E-state index contributed by atoms with van der Waals surface area (Å²) in [6.45, 7) is 0.590. The highest BCUT2D eigenvalue weighted by Crippen LogP contribution is 2.27. The molecule has 0 bridgehead atoms. The Hall–Kier alpha value is -2.53. The second kappa shape index (κ2) is 9.08. The first-order valence-corrected chi connectivity index (χ1v) is 8.16. The van der Waals surface area contributed by atoms with Crippen LogP contribution in [0, 0.1) is 0 Å². The number of likely N-dealkylation sites (N-methyl/N-ethyl adjacent to an activating group) is 1. The molecule has 132 valence electrons. The van der Waals surface area contributed by atoms with E-state index in [0.717, 1.165) is 17.5 Å². The number of benzene rings is 1. The minimum atomic E-state index is -0.0829. The molecule has 2 rings (SSSR count). The van der Waals surface area contributed by atoms with Gasteiger partial charge in [-0.2, -0.15) is 0 Å². The maximum atomic E-state index is 12.2. The zero-order valence-electron chi connectivity index (χ0n) is 14.5. The summed E-state index contributed by atoms with van der Waals surface area (Å²) >= 11 is 5.88. The van der Waals surface area contributed by atoms with Gasteiger partial charge in [0, 0.05) is 32.1 Å². The quantitative estimate of drug-likeness (QED) is 0.709. The molecular formula is C19H21ClN2O3. The van der Waals surface area contributed by atoms with Crippen molar-refractivity contribution in [2.75, 3.05) is 27.8 Å². The van der Waals surface area contributed by atoms with Gasteiger partial charge >= 0.3 is 0 Å². The molecule has 1 aromatic heterocycles. The maximum Gasteiger partial charge on any atom is 0.246 e. The Balaban J connectivity index is 1.93. The Kier molecular flexibility index (Phi) is 6.83. The molecular weight excluding hydrogens is 340 g/mol. The van der Waals surface area contributed by atoms with Crippen LogP contribution in [-0.4, -0.2) is 43.6 Å². The highest BCUT2D eigenvalue weighted by molar-refractivity contribution is 6.30. The molecule has 0 radical (unpaired) electrons. The summed E-state index contributed by atoms with van der Waals surface area (Å²) in [4.78, 5) is 17.8. The number of pyridine rings is 1. The Labute approximate surface area is 152 Å². The molecule has 0 atom stereocenters. The summed E-state index contributed by atoms with van der Waals surface area (Å²) in [7, 11) is 4.97. The lowest BCUT2D eigenvalue weighted by molar-refractivity contribution is -0.124. The van der Waals surface area contributed by atoms with Gasteiger partial charge in [0.05, 0.1) is 19.2 Å². The topological polar surface area (TPSA) is 51.7 Å². The van der Waals surface area contributed by atoms with Crippen molar-refractivity contribution in [2.45, 2.75) is 6.42 Å². The van der Waals surface area contributed by atoms with E-state index in [1.54, 1.807) is 50.7 Å². The number of aromatic nitrogens is 1. The Morgan fingerprint density at radius 2 is 1.96 bits per heavy atom. The number of rotatable bonds is 7. The van der Waals surface area contributed by atoms with Gasteiger partial charge in [0.15, 0.2) is 11.5 Å². The number of hydrogen-bond acceptors (Lipinski definition) is 4. The molecule has 6 heteroatoms. The highest BCUT2D eigenvalue weighted by Gasteiger charge is 2.08. The fourth-order valence-corrected chi connectivity index (χ4v) is 2.44. The lowest BCUT2D eigenvalue weighted by Gasteiger charge is -2.16. The molecule has 0 aliphatic heterocycles. The summed E-state index contributed by atoms with van der Waals surface area (Å²) in [6, 6.07) is 7.50. The van der Waals surface area contributed by atoms with Crippen LogP contribution in [0.2, 0.25) is 5.02 Å². The smallest absolute Gasteiger partial charge is 0.246 e. The van der Waals surface area contributed by atoms with Crippen LogP contribution in [0.5, 0.6) is 11.5 Å². The number of halogens is 1. The summed E-state index contributed by atoms with van der Waals surface area (Å²) in [5, 5.41) is 0.538. The Bertz CT molecular complexity index is 762. The van der Waals surface area contributed by atoms with Crippen molar-refractivity contribution >= 4 is 23.6 Å². The SMILES string of the molecule is COc1ccc(CCN(C)C(=O)C=Cc2cncc(Cl)c2)cc1OC. The first-order valence-electron chi connectivity index (χ1n) is 7.78. The molecule has 2 aromatic rings. The molecule has 5 nitrogen and oxygen atoms in total. The predicted molar refractivity (Wildman–Crippen MR) is 99.2 cm³/mol. The van der Waals surface area contributed by atoms with E-state index in [0.29, 0.717) is 23.1 Å². The van der Waals surface area contributed by atoms with E-state index in [1.807, 2.05) is 18.2 Å². The van der Waals surface area contributed by atoms with E-state index < -0.39 is 0 Å². The lowest BCUT2D eigenvalue weighted by Crippen LogP contribution is -2.27. The van der Waals surface area contributed by atoms with Gasteiger partial charge in [-0.15, -0.1) is 0 Å². The summed E-state index contributed by atoms with van der Waals surface area (Å²) in [5.74, 6) is 1.29. The molecule has 0 unspecified atom stereocenters. The first-order chi connectivity index (χ1) is 12.0. The van der Waals surface area contributed by atoms with Crippen LogP contribution in [0.4, 0.5) is 0 Å². The molecule has 0 N–H and O–H groups in total. The van der Waals surface area contributed by atoms with Crippen LogP contribution in [0.3, 0.4) is 0 Å². The normalized spacial score (nSPS) is 10.7. The molecule has 1 aromatic carbocycles. The number of carbonyl (C=O) groups excluding carboxylic acids is 1. The number of carbonyl (C=O) groups is 1.